The van der Waals surface area contributed by atoms with Crippen molar-refractivity contribution >= 4 is 0 Å². The molecule has 0 unspecified atom stereocenters. The van der Waals surface area contributed by atoms with Gasteiger partial charge in [0.05, 0.1) is 5.69 Å². The summed E-state index contributed by atoms with van der Waals surface area (Å²) >= 11 is 0. The molecule has 0 saturated heterocycles. The topological polar surface area (TPSA) is 12.9 Å². The van der Waals surface area contributed by atoms with Gasteiger partial charge in [0.15, 0.2) is 0 Å². The molecule has 0 aliphatic carbocycles. The molecule has 0 spiro atoms. The molecule has 0 radical (unpaired) electrons. The van der Waals surface area contributed by atoms with Crippen molar-refractivity contribution in [3.05, 3.63) is 78.2 Å². The first-order valence-electron chi connectivity index (χ1n) is 6.52. The van der Waals surface area contributed by atoms with Crippen LogP contribution in [0.5, 0.6) is 0 Å². The third kappa shape index (κ3) is 2.45. The van der Waals surface area contributed by atoms with Crippen LogP contribution in [0.15, 0.2) is 66.9 Å². The maximum Gasteiger partial charge on any atom is 0.126 e. The standard InChI is InChI=1S/C18H14FN/c1-13-11-15(7-9-17(13)19)16-8-10-18(20-12-16)14-5-3-2-4-6-14/h2-12H,1H3. The molecular formula is C18H14FN. The molecule has 0 aliphatic rings. The summed E-state index contributed by atoms with van der Waals surface area (Å²) in [5.41, 5.74) is 4.65. The summed E-state index contributed by atoms with van der Waals surface area (Å²) in [6, 6.07) is 19.2. The van der Waals surface area contributed by atoms with Gasteiger partial charge in [0.2, 0.25) is 0 Å². The van der Waals surface area contributed by atoms with Crippen LogP contribution >= 0.6 is 0 Å². The quantitative estimate of drug-likeness (QED) is 0.643. The van der Waals surface area contributed by atoms with Crippen molar-refractivity contribution in [2.24, 2.45) is 0 Å². The van der Waals surface area contributed by atoms with Gasteiger partial charge >= 0.3 is 0 Å². The lowest BCUT2D eigenvalue weighted by atomic mass is 10.0. The lowest BCUT2D eigenvalue weighted by molar-refractivity contribution is 0.619. The summed E-state index contributed by atoms with van der Waals surface area (Å²) in [5.74, 6) is -0.178. The minimum atomic E-state index is -0.178. The number of hydrogen-bond acceptors (Lipinski definition) is 1. The highest BCUT2D eigenvalue weighted by molar-refractivity contribution is 5.67. The Morgan fingerprint density at radius 1 is 0.800 bits per heavy atom. The number of hydrogen-bond donors (Lipinski definition) is 0. The Kier molecular flexibility index (Phi) is 3.30. The van der Waals surface area contributed by atoms with E-state index in [1.807, 2.05) is 54.7 Å². The summed E-state index contributed by atoms with van der Waals surface area (Å²) in [5, 5.41) is 0. The normalized spacial score (nSPS) is 10.5. The van der Waals surface area contributed by atoms with Crippen LogP contribution in [0.2, 0.25) is 0 Å². The molecule has 1 heterocycles. The second-order valence-electron chi connectivity index (χ2n) is 4.76. The van der Waals surface area contributed by atoms with Crippen LogP contribution in [0.25, 0.3) is 22.4 Å². The van der Waals surface area contributed by atoms with E-state index in [-0.39, 0.29) is 5.82 Å². The smallest absolute Gasteiger partial charge is 0.126 e. The monoisotopic (exact) mass is 263 g/mol. The fourth-order valence-corrected chi connectivity index (χ4v) is 2.17. The van der Waals surface area contributed by atoms with Crippen molar-refractivity contribution in [2.45, 2.75) is 6.92 Å². The molecule has 98 valence electrons. The molecule has 0 aliphatic heterocycles. The van der Waals surface area contributed by atoms with Crippen molar-refractivity contribution < 1.29 is 4.39 Å². The first-order valence-corrected chi connectivity index (χ1v) is 6.52. The molecule has 1 nitrogen and oxygen atoms in total. The summed E-state index contributed by atoms with van der Waals surface area (Å²) in [4.78, 5) is 4.48. The van der Waals surface area contributed by atoms with E-state index in [0.29, 0.717) is 5.56 Å². The average molecular weight is 263 g/mol. The van der Waals surface area contributed by atoms with Crippen molar-refractivity contribution in [3.63, 3.8) is 0 Å². The molecule has 3 rings (SSSR count). The lowest BCUT2D eigenvalue weighted by Gasteiger charge is -2.05. The van der Waals surface area contributed by atoms with Gasteiger partial charge in [-0.05, 0) is 36.2 Å². The van der Waals surface area contributed by atoms with E-state index < -0.39 is 0 Å². The highest BCUT2D eigenvalue weighted by Gasteiger charge is 2.03. The van der Waals surface area contributed by atoms with Crippen LogP contribution in [-0.4, -0.2) is 4.98 Å². The van der Waals surface area contributed by atoms with Gasteiger partial charge in [-0.25, -0.2) is 4.39 Å². The number of benzene rings is 2. The fourth-order valence-electron chi connectivity index (χ4n) is 2.17. The SMILES string of the molecule is Cc1cc(-c2ccc(-c3ccccc3)nc2)ccc1F. The Labute approximate surface area is 117 Å². The molecule has 0 atom stereocenters. The van der Waals surface area contributed by atoms with Crippen LogP contribution in [-0.2, 0) is 0 Å². The van der Waals surface area contributed by atoms with E-state index in [1.54, 1.807) is 13.0 Å². The zero-order chi connectivity index (χ0) is 13.9. The van der Waals surface area contributed by atoms with E-state index in [2.05, 4.69) is 4.98 Å². The number of nitrogens with zero attached hydrogens (tertiary/aromatic N) is 1. The minimum Gasteiger partial charge on any atom is -0.256 e. The molecule has 0 amide bonds. The van der Waals surface area contributed by atoms with E-state index in [9.17, 15) is 4.39 Å². The number of rotatable bonds is 2. The van der Waals surface area contributed by atoms with Gasteiger partial charge in [-0.2, -0.15) is 0 Å². The number of halogens is 1. The Bertz CT molecular complexity index is 718. The molecular weight excluding hydrogens is 249 g/mol. The maximum atomic E-state index is 13.3. The minimum absolute atomic E-state index is 0.178. The zero-order valence-electron chi connectivity index (χ0n) is 11.2. The van der Waals surface area contributed by atoms with Crippen LogP contribution in [0, 0.1) is 12.7 Å². The van der Waals surface area contributed by atoms with Gasteiger partial charge in [-0.3, -0.25) is 4.98 Å². The average Bonchev–Trinajstić information content (AvgIpc) is 2.51. The zero-order valence-corrected chi connectivity index (χ0v) is 11.2. The van der Waals surface area contributed by atoms with E-state index in [0.717, 1.165) is 22.4 Å². The lowest BCUT2D eigenvalue weighted by Crippen LogP contribution is -1.87. The second-order valence-corrected chi connectivity index (χ2v) is 4.76. The predicted octanol–water partition coefficient (Wildman–Crippen LogP) is 4.86. The summed E-state index contributed by atoms with van der Waals surface area (Å²) in [6.45, 7) is 1.77. The Morgan fingerprint density at radius 2 is 1.55 bits per heavy atom. The molecule has 2 heteroatoms. The highest BCUT2D eigenvalue weighted by atomic mass is 19.1. The van der Waals surface area contributed by atoms with Crippen LogP contribution in [0.1, 0.15) is 5.56 Å². The highest BCUT2D eigenvalue weighted by Crippen LogP contribution is 2.23. The first-order chi connectivity index (χ1) is 9.74. The molecule has 0 bridgehead atoms. The maximum absolute atomic E-state index is 13.3. The Hall–Kier alpha value is -2.48. The Balaban J connectivity index is 1.95. The molecule has 0 saturated carbocycles. The molecule has 0 fully saturated rings. The van der Waals surface area contributed by atoms with Crippen LogP contribution in [0.3, 0.4) is 0 Å². The number of aryl methyl sites for hydroxylation is 1. The van der Waals surface area contributed by atoms with Gasteiger partial charge < -0.3 is 0 Å². The third-order valence-corrected chi connectivity index (χ3v) is 3.32. The van der Waals surface area contributed by atoms with Crippen molar-refractivity contribution in [1.29, 1.82) is 0 Å². The number of pyridine rings is 1. The van der Waals surface area contributed by atoms with Gasteiger partial charge in [0.1, 0.15) is 5.82 Å². The molecule has 3 aromatic rings. The van der Waals surface area contributed by atoms with Crippen LogP contribution in [0.4, 0.5) is 4.39 Å². The van der Waals surface area contributed by atoms with E-state index >= 15 is 0 Å². The van der Waals surface area contributed by atoms with Gasteiger partial charge in [-0.1, -0.05) is 42.5 Å². The first kappa shape index (κ1) is 12.5. The summed E-state index contributed by atoms with van der Waals surface area (Å²) in [7, 11) is 0. The summed E-state index contributed by atoms with van der Waals surface area (Å²) in [6.07, 6.45) is 1.83. The number of aromatic nitrogens is 1. The van der Waals surface area contributed by atoms with Crippen molar-refractivity contribution in [3.8, 4) is 22.4 Å². The van der Waals surface area contributed by atoms with Gasteiger partial charge in [0, 0.05) is 17.3 Å². The molecule has 2 aromatic carbocycles. The fraction of sp³-hybridized carbons (Fsp3) is 0.0556. The van der Waals surface area contributed by atoms with Crippen molar-refractivity contribution in [1.82, 2.24) is 4.98 Å². The van der Waals surface area contributed by atoms with Gasteiger partial charge in [-0.15, -0.1) is 0 Å². The second kappa shape index (κ2) is 5.25. The summed E-state index contributed by atoms with van der Waals surface area (Å²) < 4.78 is 13.3. The Morgan fingerprint density at radius 3 is 2.20 bits per heavy atom. The van der Waals surface area contributed by atoms with Crippen LogP contribution < -0.4 is 0 Å². The largest absolute Gasteiger partial charge is 0.256 e. The van der Waals surface area contributed by atoms with Crippen molar-refractivity contribution in [2.75, 3.05) is 0 Å². The van der Waals surface area contributed by atoms with Gasteiger partial charge in [0.25, 0.3) is 0 Å². The third-order valence-electron chi connectivity index (χ3n) is 3.32. The molecule has 20 heavy (non-hydrogen) atoms. The van der Waals surface area contributed by atoms with E-state index in [1.165, 1.54) is 6.07 Å². The molecule has 0 N–H and O–H groups in total. The predicted molar refractivity (Wildman–Crippen MR) is 79.8 cm³/mol. The van der Waals surface area contributed by atoms with E-state index in [4.69, 9.17) is 0 Å². The molecule has 1 aromatic heterocycles.